The lowest BCUT2D eigenvalue weighted by atomic mass is 10.1. The predicted octanol–water partition coefficient (Wildman–Crippen LogP) is 2.42. The number of furan rings is 1. The summed E-state index contributed by atoms with van der Waals surface area (Å²) in [5.41, 5.74) is 0.244. The van der Waals surface area contributed by atoms with Gasteiger partial charge in [-0.15, -0.1) is 0 Å². The van der Waals surface area contributed by atoms with E-state index in [4.69, 9.17) is 9.52 Å². The largest absolute Gasteiger partial charge is 0.478 e. The van der Waals surface area contributed by atoms with E-state index in [-0.39, 0.29) is 5.56 Å². The third kappa shape index (κ3) is 3.10. The van der Waals surface area contributed by atoms with Gasteiger partial charge in [-0.3, -0.25) is 0 Å². The molecule has 1 atom stereocenters. The molecular weight excluding hydrogens is 206 g/mol. The summed E-state index contributed by atoms with van der Waals surface area (Å²) < 4.78 is 5.36. The summed E-state index contributed by atoms with van der Waals surface area (Å²) in [6, 6.07) is 1.95. The minimum absolute atomic E-state index is 0.244. The van der Waals surface area contributed by atoms with Crippen molar-refractivity contribution >= 4 is 5.97 Å². The van der Waals surface area contributed by atoms with Crippen LogP contribution in [0.2, 0.25) is 0 Å². The topological polar surface area (TPSA) is 62.5 Å². The first-order valence-electron chi connectivity index (χ1n) is 5.47. The zero-order valence-electron chi connectivity index (χ0n) is 10.2. The van der Waals surface area contributed by atoms with E-state index in [0.29, 0.717) is 30.0 Å². The maximum Gasteiger partial charge on any atom is 0.339 e. The molecule has 0 aromatic carbocycles. The Hall–Kier alpha value is -1.29. The van der Waals surface area contributed by atoms with Crippen molar-refractivity contribution in [3.63, 3.8) is 0 Å². The molecule has 16 heavy (non-hydrogen) atoms. The summed E-state index contributed by atoms with van der Waals surface area (Å²) in [6.45, 7) is 8.59. The number of carboxylic acid groups (broad SMARTS) is 1. The van der Waals surface area contributed by atoms with Gasteiger partial charge in [-0.25, -0.2) is 4.79 Å². The van der Waals surface area contributed by atoms with Gasteiger partial charge in [0, 0.05) is 6.04 Å². The van der Waals surface area contributed by atoms with Crippen molar-refractivity contribution in [2.45, 2.75) is 40.3 Å². The normalized spacial score (nSPS) is 13.1. The molecule has 1 heterocycles. The molecule has 0 aliphatic rings. The molecule has 0 radical (unpaired) electrons. The summed E-state index contributed by atoms with van der Waals surface area (Å²) in [5.74, 6) is 0.725. The second kappa shape index (κ2) is 5.16. The highest BCUT2D eigenvalue weighted by atomic mass is 16.4. The molecule has 2 N–H and O–H groups in total. The summed E-state index contributed by atoms with van der Waals surface area (Å²) in [5, 5.41) is 12.2. The molecule has 0 aliphatic heterocycles. The zero-order valence-corrected chi connectivity index (χ0v) is 10.2. The molecule has 0 amide bonds. The second-order valence-corrected chi connectivity index (χ2v) is 4.40. The average Bonchev–Trinajstić information content (AvgIpc) is 2.56. The lowest BCUT2D eigenvalue weighted by Gasteiger charge is -2.16. The highest BCUT2D eigenvalue weighted by molar-refractivity contribution is 5.88. The third-order valence-corrected chi connectivity index (χ3v) is 2.80. The average molecular weight is 225 g/mol. The van der Waals surface area contributed by atoms with Crippen molar-refractivity contribution < 1.29 is 14.3 Å². The van der Waals surface area contributed by atoms with Crippen LogP contribution in [0.3, 0.4) is 0 Å². The molecule has 90 valence electrons. The van der Waals surface area contributed by atoms with E-state index in [2.05, 4.69) is 26.1 Å². The standard InChI is InChI=1S/C12H19NO3/c1-7(2)8(3)13-6-10-5-11(12(14)15)9(4)16-10/h5,7-8,13H,6H2,1-4H3,(H,14,15). The Morgan fingerprint density at radius 1 is 1.50 bits per heavy atom. The molecule has 4 heteroatoms. The second-order valence-electron chi connectivity index (χ2n) is 4.40. The van der Waals surface area contributed by atoms with Gasteiger partial charge in [0.1, 0.15) is 17.1 Å². The van der Waals surface area contributed by atoms with Crippen LogP contribution in [0.1, 0.15) is 42.6 Å². The van der Waals surface area contributed by atoms with E-state index in [0.717, 1.165) is 0 Å². The molecule has 1 unspecified atom stereocenters. The highest BCUT2D eigenvalue weighted by Crippen LogP contribution is 2.14. The fourth-order valence-electron chi connectivity index (χ4n) is 1.34. The first kappa shape index (κ1) is 12.8. The number of carbonyl (C=O) groups is 1. The van der Waals surface area contributed by atoms with E-state index < -0.39 is 5.97 Å². The smallest absolute Gasteiger partial charge is 0.339 e. The van der Waals surface area contributed by atoms with Crippen LogP contribution in [0.15, 0.2) is 10.5 Å². The number of hydrogen-bond donors (Lipinski definition) is 2. The molecule has 1 rings (SSSR count). The Bertz CT molecular complexity index is 368. The highest BCUT2D eigenvalue weighted by Gasteiger charge is 2.14. The van der Waals surface area contributed by atoms with Gasteiger partial charge in [0.15, 0.2) is 0 Å². The Balaban J connectivity index is 2.62. The fourth-order valence-corrected chi connectivity index (χ4v) is 1.34. The quantitative estimate of drug-likeness (QED) is 0.807. The van der Waals surface area contributed by atoms with Crippen LogP contribution in [0.25, 0.3) is 0 Å². The first-order valence-corrected chi connectivity index (χ1v) is 5.47. The van der Waals surface area contributed by atoms with E-state index in [9.17, 15) is 4.79 Å². The van der Waals surface area contributed by atoms with Crippen LogP contribution in [0, 0.1) is 12.8 Å². The maximum atomic E-state index is 10.8. The SMILES string of the molecule is Cc1oc(CNC(C)C(C)C)cc1C(=O)O. The summed E-state index contributed by atoms with van der Waals surface area (Å²) in [7, 11) is 0. The lowest BCUT2D eigenvalue weighted by molar-refractivity contribution is 0.0695. The number of carboxylic acids is 1. The van der Waals surface area contributed by atoms with Gasteiger partial charge in [-0.1, -0.05) is 13.8 Å². The molecule has 1 aromatic rings. The molecule has 0 saturated carbocycles. The number of rotatable bonds is 5. The predicted molar refractivity (Wildman–Crippen MR) is 61.5 cm³/mol. The molecule has 0 fully saturated rings. The lowest BCUT2D eigenvalue weighted by Crippen LogP contribution is -2.29. The van der Waals surface area contributed by atoms with Gasteiger partial charge >= 0.3 is 5.97 Å². The van der Waals surface area contributed by atoms with E-state index in [1.165, 1.54) is 0 Å². The van der Waals surface area contributed by atoms with Crippen molar-refractivity contribution in [3.05, 3.63) is 23.2 Å². The molecule has 0 bridgehead atoms. The van der Waals surface area contributed by atoms with Gasteiger partial charge < -0.3 is 14.8 Å². The Morgan fingerprint density at radius 3 is 2.56 bits per heavy atom. The van der Waals surface area contributed by atoms with Gasteiger partial charge in [-0.05, 0) is 25.8 Å². The number of nitrogens with one attached hydrogen (secondary N) is 1. The minimum Gasteiger partial charge on any atom is -0.478 e. The molecule has 0 aliphatic carbocycles. The summed E-state index contributed by atoms with van der Waals surface area (Å²) in [6.07, 6.45) is 0. The molecule has 0 saturated heterocycles. The van der Waals surface area contributed by atoms with Crippen LogP contribution >= 0.6 is 0 Å². The van der Waals surface area contributed by atoms with Gasteiger partial charge in [0.25, 0.3) is 0 Å². The van der Waals surface area contributed by atoms with Crippen LogP contribution in [-0.4, -0.2) is 17.1 Å². The Morgan fingerprint density at radius 2 is 2.12 bits per heavy atom. The van der Waals surface area contributed by atoms with Crippen LogP contribution < -0.4 is 5.32 Å². The van der Waals surface area contributed by atoms with Crippen LogP contribution in [0.4, 0.5) is 0 Å². The minimum atomic E-state index is -0.940. The van der Waals surface area contributed by atoms with E-state index in [1.54, 1.807) is 13.0 Å². The van der Waals surface area contributed by atoms with Gasteiger partial charge in [0.2, 0.25) is 0 Å². The monoisotopic (exact) mass is 225 g/mol. The summed E-state index contributed by atoms with van der Waals surface area (Å²) >= 11 is 0. The van der Waals surface area contributed by atoms with Crippen molar-refractivity contribution in [3.8, 4) is 0 Å². The summed E-state index contributed by atoms with van der Waals surface area (Å²) in [4.78, 5) is 10.8. The van der Waals surface area contributed by atoms with Gasteiger partial charge in [0.05, 0.1) is 6.54 Å². The Labute approximate surface area is 95.7 Å². The van der Waals surface area contributed by atoms with Crippen LogP contribution in [0.5, 0.6) is 0 Å². The van der Waals surface area contributed by atoms with Crippen molar-refractivity contribution in [1.29, 1.82) is 0 Å². The molecular formula is C12H19NO3. The maximum absolute atomic E-state index is 10.8. The molecule has 0 spiro atoms. The van der Waals surface area contributed by atoms with Crippen molar-refractivity contribution in [2.24, 2.45) is 5.92 Å². The third-order valence-electron chi connectivity index (χ3n) is 2.80. The van der Waals surface area contributed by atoms with Crippen molar-refractivity contribution in [1.82, 2.24) is 5.32 Å². The van der Waals surface area contributed by atoms with Crippen LogP contribution in [-0.2, 0) is 6.54 Å². The fraction of sp³-hybridized carbons (Fsp3) is 0.583. The first-order chi connectivity index (χ1) is 7.41. The van der Waals surface area contributed by atoms with Gasteiger partial charge in [-0.2, -0.15) is 0 Å². The number of hydrogen-bond acceptors (Lipinski definition) is 3. The number of aromatic carboxylic acids is 1. The molecule has 1 aromatic heterocycles. The van der Waals surface area contributed by atoms with E-state index in [1.807, 2.05) is 0 Å². The number of aryl methyl sites for hydroxylation is 1. The molecule has 4 nitrogen and oxygen atoms in total. The van der Waals surface area contributed by atoms with Crippen molar-refractivity contribution in [2.75, 3.05) is 0 Å². The Kier molecular flexibility index (Phi) is 4.12. The zero-order chi connectivity index (χ0) is 12.3. The van der Waals surface area contributed by atoms with E-state index >= 15 is 0 Å².